The number of hydrogen-bond acceptors (Lipinski definition) is 5. The SMILES string of the molecule is CN(Cc1nc2ccccc2c(=O)[nH]1)C(=O)CN1C(=O)NC2(CCc3ccccc32)C1=O. The van der Waals surface area contributed by atoms with E-state index >= 15 is 0 Å². The van der Waals surface area contributed by atoms with Crippen LogP contribution in [0, 0.1) is 0 Å². The van der Waals surface area contributed by atoms with Crippen LogP contribution in [0.5, 0.6) is 0 Å². The second-order valence-corrected chi connectivity index (χ2v) is 8.16. The summed E-state index contributed by atoms with van der Waals surface area (Å²) in [6.45, 7) is -0.348. The Kier molecular flexibility index (Phi) is 4.54. The van der Waals surface area contributed by atoms with Crippen molar-refractivity contribution >= 4 is 28.7 Å². The third-order valence-corrected chi connectivity index (χ3v) is 6.19. The number of amides is 4. The lowest BCUT2D eigenvalue weighted by atomic mass is 9.92. The van der Waals surface area contributed by atoms with Crippen LogP contribution >= 0.6 is 0 Å². The highest BCUT2D eigenvalue weighted by Crippen LogP contribution is 2.41. The molecule has 1 aliphatic heterocycles. The molecule has 9 nitrogen and oxygen atoms in total. The van der Waals surface area contributed by atoms with Crippen LogP contribution in [-0.2, 0) is 28.1 Å². The van der Waals surface area contributed by atoms with Gasteiger partial charge in [0.1, 0.15) is 17.9 Å². The van der Waals surface area contributed by atoms with E-state index < -0.39 is 23.4 Å². The lowest BCUT2D eigenvalue weighted by Crippen LogP contribution is -2.44. The monoisotopic (exact) mass is 431 g/mol. The van der Waals surface area contributed by atoms with E-state index in [1.807, 2.05) is 24.3 Å². The molecule has 4 amide bonds. The van der Waals surface area contributed by atoms with Gasteiger partial charge in [-0.2, -0.15) is 0 Å². The third kappa shape index (κ3) is 3.05. The third-order valence-electron chi connectivity index (χ3n) is 6.19. The van der Waals surface area contributed by atoms with E-state index in [-0.39, 0.29) is 18.6 Å². The standard InChI is InChI=1S/C23H21N5O4/c1-27(12-18-24-17-9-5-3-7-15(17)20(30)25-18)19(29)13-28-21(31)23(26-22(28)32)11-10-14-6-2-4-8-16(14)23/h2-9H,10-13H2,1H3,(H,26,32)(H,24,25,30). The van der Waals surface area contributed by atoms with Gasteiger partial charge in [-0.05, 0) is 36.1 Å². The molecule has 1 fully saturated rings. The molecule has 9 heteroatoms. The second kappa shape index (κ2) is 7.30. The Morgan fingerprint density at radius 1 is 1.12 bits per heavy atom. The molecule has 1 unspecified atom stereocenters. The second-order valence-electron chi connectivity index (χ2n) is 8.16. The van der Waals surface area contributed by atoms with Crippen LogP contribution < -0.4 is 10.9 Å². The number of H-pyrrole nitrogens is 1. The van der Waals surface area contributed by atoms with E-state index in [4.69, 9.17) is 0 Å². The number of carbonyl (C=O) groups is 3. The molecule has 2 N–H and O–H groups in total. The van der Waals surface area contributed by atoms with Crippen molar-refractivity contribution in [1.82, 2.24) is 25.1 Å². The zero-order chi connectivity index (χ0) is 22.5. The summed E-state index contributed by atoms with van der Waals surface area (Å²) in [5.41, 5.74) is 0.959. The molecule has 1 saturated heterocycles. The Balaban J connectivity index is 1.32. The number of aromatic amines is 1. The minimum atomic E-state index is -1.10. The Bertz CT molecular complexity index is 1330. The van der Waals surface area contributed by atoms with Crippen molar-refractivity contribution in [2.24, 2.45) is 0 Å². The number of benzene rings is 2. The normalized spacial score (nSPS) is 19.5. The Hall–Kier alpha value is -4.01. The van der Waals surface area contributed by atoms with Crippen LogP contribution in [0.15, 0.2) is 53.3 Å². The molecule has 1 atom stereocenters. The average molecular weight is 431 g/mol. The summed E-state index contributed by atoms with van der Waals surface area (Å²) in [5.74, 6) is -0.526. The maximum atomic E-state index is 13.2. The summed E-state index contributed by atoms with van der Waals surface area (Å²) in [6.07, 6.45) is 1.16. The Morgan fingerprint density at radius 2 is 1.88 bits per heavy atom. The number of hydrogen-bond donors (Lipinski definition) is 2. The molecule has 1 aliphatic carbocycles. The molecule has 2 aliphatic rings. The van der Waals surface area contributed by atoms with Gasteiger partial charge in [-0.15, -0.1) is 0 Å². The molecule has 1 spiro atoms. The molecule has 162 valence electrons. The summed E-state index contributed by atoms with van der Waals surface area (Å²) < 4.78 is 0. The maximum Gasteiger partial charge on any atom is 0.325 e. The first kappa shape index (κ1) is 19.9. The zero-order valence-corrected chi connectivity index (χ0v) is 17.4. The highest BCUT2D eigenvalue weighted by Gasteiger charge is 2.55. The Morgan fingerprint density at radius 3 is 2.72 bits per heavy atom. The summed E-state index contributed by atoms with van der Waals surface area (Å²) in [4.78, 5) is 60.3. The smallest absolute Gasteiger partial charge is 0.325 e. The minimum Gasteiger partial charge on any atom is -0.337 e. The van der Waals surface area contributed by atoms with Gasteiger partial charge in [0.25, 0.3) is 11.5 Å². The van der Waals surface area contributed by atoms with Crippen LogP contribution in [-0.4, -0.2) is 51.2 Å². The molecule has 5 rings (SSSR count). The summed E-state index contributed by atoms with van der Waals surface area (Å²) >= 11 is 0. The first-order valence-corrected chi connectivity index (χ1v) is 10.3. The van der Waals surface area contributed by atoms with E-state index in [1.54, 1.807) is 24.3 Å². The van der Waals surface area contributed by atoms with Gasteiger partial charge in [0.15, 0.2) is 0 Å². The number of urea groups is 1. The molecule has 0 saturated carbocycles. The van der Waals surface area contributed by atoms with Crippen LogP contribution in [0.1, 0.15) is 23.4 Å². The molecule has 1 aromatic heterocycles. The number of carbonyl (C=O) groups excluding carboxylic acids is 3. The van der Waals surface area contributed by atoms with E-state index in [2.05, 4.69) is 15.3 Å². The fourth-order valence-corrected chi connectivity index (χ4v) is 4.51. The van der Waals surface area contributed by atoms with E-state index in [0.29, 0.717) is 29.6 Å². The van der Waals surface area contributed by atoms with Crippen molar-refractivity contribution in [3.05, 3.63) is 75.8 Å². The van der Waals surface area contributed by atoms with Crippen LogP contribution in [0.2, 0.25) is 0 Å². The fraction of sp³-hybridized carbons (Fsp3) is 0.261. The predicted molar refractivity (Wildman–Crippen MR) is 116 cm³/mol. The van der Waals surface area contributed by atoms with Crippen LogP contribution in [0.25, 0.3) is 10.9 Å². The van der Waals surface area contributed by atoms with Gasteiger partial charge in [-0.3, -0.25) is 19.3 Å². The summed E-state index contributed by atoms with van der Waals surface area (Å²) in [6, 6.07) is 13.9. The van der Waals surface area contributed by atoms with Gasteiger partial charge in [0.2, 0.25) is 5.91 Å². The number of fused-ring (bicyclic) bond motifs is 3. The predicted octanol–water partition coefficient (Wildman–Crippen LogP) is 1.27. The quantitative estimate of drug-likeness (QED) is 0.604. The van der Waals surface area contributed by atoms with Gasteiger partial charge in [-0.1, -0.05) is 36.4 Å². The van der Waals surface area contributed by atoms with Crippen molar-refractivity contribution in [2.45, 2.75) is 24.9 Å². The van der Waals surface area contributed by atoms with Crippen molar-refractivity contribution in [3.63, 3.8) is 0 Å². The van der Waals surface area contributed by atoms with Crippen molar-refractivity contribution < 1.29 is 14.4 Å². The largest absolute Gasteiger partial charge is 0.337 e. The first-order valence-electron chi connectivity index (χ1n) is 10.3. The summed E-state index contributed by atoms with van der Waals surface area (Å²) in [5, 5.41) is 3.28. The number of para-hydroxylation sites is 1. The highest BCUT2D eigenvalue weighted by molar-refractivity contribution is 6.09. The van der Waals surface area contributed by atoms with Crippen molar-refractivity contribution in [3.8, 4) is 0 Å². The van der Waals surface area contributed by atoms with Crippen molar-refractivity contribution in [1.29, 1.82) is 0 Å². The van der Waals surface area contributed by atoms with Gasteiger partial charge >= 0.3 is 6.03 Å². The molecule has 32 heavy (non-hydrogen) atoms. The number of nitrogens with one attached hydrogen (secondary N) is 2. The number of nitrogens with zero attached hydrogens (tertiary/aromatic N) is 3. The summed E-state index contributed by atoms with van der Waals surface area (Å²) in [7, 11) is 1.54. The lowest BCUT2D eigenvalue weighted by Gasteiger charge is -2.23. The van der Waals surface area contributed by atoms with Crippen LogP contribution in [0.3, 0.4) is 0 Å². The molecule has 0 radical (unpaired) electrons. The number of aryl methyl sites for hydroxylation is 1. The highest BCUT2D eigenvalue weighted by atomic mass is 16.2. The number of imide groups is 1. The first-order chi connectivity index (χ1) is 15.4. The average Bonchev–Trinajstić information content (AvgIpc) is 3.27. The molecular weight excluding hydrogens is 410 g/mol. The Labute approximate surface area is 183 Å². The van der Waals surface area contributed by atoms with Gasteiger partial charge in [0.05, 0.1) is 17.4 Å². The molecule has 2 aromatic carbocycles. The minimum absolute atomic E-state index is 0.0382. The number of rotatable bonds is 4. The van der Waals surface area contributed by atoms with E-state index in [0.717, 1.165) is 16.0 Å². The van der Waals surface area contributed by atoms with Gasteiger partial charge in [-0.25, -0.2) is 9.78 Å². The van der Waals surface area contributed by atoms with Gasteiger partial charge < -0.3 is 15.2 Å². The number of aromatic nitrogens is 2. The lowest BCUT2D eigenvalue weighted by molar-refractivity contribution is -0.138. The van der Waals surface area contributed by atoms with Crippen molar-refractivity contribution in [2.75, 3.05) is 13.6 Å². The molecule has 3 aromatic rings. The molecular formula is C23H21N5O4. The molecule has 0 bridgehead atoms. The van der Waals surface area contributed by atoms with Gasteiger partial charge in [0, 0.05) is 7.05 Å². The fourth-order valence-electron chi connectivity index (χ4n) is 4.51. The van der Waals surface area contributed by atoms with E-state index in [1.165, 1.54) is 11.9 Å². The topological polar surface area (TPSA) is 115 Å². The number of likely N-dealkylation sites (N-methyl/N-ethyl adjacent to an activating group) is 1. The maximum absolute atomic E-state index is 13.2. The molecule has 2 heterocycles. The zero-order valence-electron chi connectivity index (χ0n) is 17.4. The van der Waals surface area contributed by atoms with E-state index in [9.17, 15) is 19.2 Å². The van der Waals surface area contributed by atoms with Crippen LogP contribution in [0.4, 0.5) is 4.79 Å².